The van der Waals surface area contributed by atoms with Gasteiger partial charge < -0.3 is 4.18 Å². The van der Waals surface area contributed by atoms with Crippen LogP contribution in [0.25, 0.3) is 0 Å². The predicted octanol–water partition coefficient (Wildman–Crippen LogP) is 3.03. The quantitative estimate of drug-likeness (QED) is 0.692. The van der Waals surface area contributed by atoms with Gasteiger partial charge in [0.05, 0.1) is 17.6 Å². The Hall–Kier alpha value is -1.22. The fourth-order valence-electron chi connectivity index (χ4n) is 0.731. The van der Waals surface area contributed by atoms with E-state index in [0.29, 0.717) is 5.56 Å². The molecule has 0 saturated heterocycles. The van der Waals surface area contributed by atoms with Gasteiger partial charge in [0.15, 0.2) is 0 Å². The van der Waals surface area contributed by atoms with Crippen molar-refractivity contribution >= 4 is 18.0 Å². The number of carbonyl (C=O) groups excluding carboxylic acids is 1. The van der Waals surface area contributed by atoms with Crippen LogP contribution in [0.3, 0.4) is 0 Å². The minimum atomic E-state index is -0.339. The Labute approximate surface area is 81.8 Å². The van der Waals surface area contributed by atoms with Gasteiger partial charge in [0.2, 0.25) is 0 Å². The predicted molar refractivity (Wildman–Crippen MR) is 54.3 cm³/mol. The Kier molecular flexibility index (Phi) is 3.58. The average molecular weight is 194 g/mol. The van der Waals surface area contributed by atoms with Crippen molar-refractivity contribution in [1.29, 1.82) is 0 Å². The third-order valence-corrected chi connectivity index (χ3v) is 1.79. The zero-order valence-corrected chi connectivity index (χ0v) is 8.14. The Morgan fingerprint density at radius 2 is 2.00 bits per heavy atom. The van der Waals surface area contributed by atoms with E-state index in [9.17, 15) is 4.79 Å². The molecule has 0 unspecified atom stereocenters. The van der Waals surface area contributed by atoms with Crippen molar-refractivity contribution in [3.05, 3.63) is 47.4 Å². The molecule has 3 heteroatoms. The van der Waals surface area contributed by atoms with E-state index in [4.69, 9.17) is 4.18 Å². The minimum absolute atomic E-state index is 0.339. The van der Waals surface area contributed by atoms with Crippen LogP contribution in [0.15, 0.2) is 41.8 Å². The van der Waals surface area contributed by atoms with Crippen LogP contribution in [0.1, 0.15) is 17.3 Å². The van der Waals surface area contributed by atoms with Crippen molar-refractivity contribution in [1.82, 2.24) is 0 Å². The monoisotopic (exact) mass is 194 g/mol. The Bertz CT molecular complexity index is 306. The second kappa shape index (κ2) is 4.72. The molecular formula is C10H10O2S. The molecule has 0 amide bonds. The lowest BCUT2D eigenvalue weighted by Crippen LogP contribution is -1.98. The first-order valence-corrected chi connectivity index (χ1v) is 4.53. The van der Waals surface area contributed by atoms with Crippen molar-refractivity contribution in [2.24, 2.45) is 0 Å². The van der Waals surface area contributed by atoms with E-state index < -0.39 is 0 Å². The van der Waals surface area contributed by atoms with Crippen molar-refractivity contribution in [2.75, 3.05) is 0 Å². The van der Waals surface area contributed by atoms with Gasteiger partial charge in [0.1, 0.15) is 0 Å². The molecule has 0 aliphatic rings. The van der Waals surface area contributed by atoms with E-state index in [1.807, 2.05) is 6.07 Å². The maximum absolute atomic E-state index is 11.3. The molecule has 0 aromatic heterocycles. The molecule has 0 bridgehead atoms. The Morgan fingerprint density at radius 3 is 2.54 bits per heavy atom. The number of carbonyl (C=O) groups is 1. The highest BCUT2D eigenvalue weighted by Gasteiger charge is 2.05. The third kappa shape index (κ3) is 3.34. The van der Waals surface area contributed by atoms with Gasteiger partial charge in [-0.25, -0.2) is 4.79 Å². The van der Waals surface area contributed by atoms with Crippen LogP contribution in [0.5, 0.6) is 0 Å². The van der Waals surface area contributed by atoms with Gasteiger partial charge in [-0.2, -0.15) is 0 Å². The molecule has 1 aromatic carbocycles. The largest absolute Gasteiger partial charge is 0.383 e. The minimum Gasteiger partial charge on any atom is -0.383 e. The van der Waals surface area contributed by atoms with Crippen LogP contribution in [-0.2, 0) is 4.18 Å². The van der Waals surface area contributed by atoms with Gasteiger partial charge in [-0.1, -0.05) is 24.8 Å². The van der Waals surface area contributed by atoms with Gasteiger partial charge in [-0.3, -0.25) is 0 Å². The molecule has 0 spiro atoms. The van der Waals surface area contributed by atoms with Gasteiger partial charge in [0.25, 0.3) is 0 Å². The highest BCUT2D eigenvalue weighted by Crippen LogP contribution is 2.15. The highest BCUT2D eigenvalue weighted by molar-refractivity contribution is 7.98. The average Bonchev–Trinajstić information content (AvgIpc) is 2.15. The van der Waals surface area contributed by atoms with Crippen LogP contribution >= 0.6 is 12.0 Å². The first-order valence-electron chi connectivity index (χ1n) is 3.79. The van der Waals surface area contributed by atoms with E-state index in [2.05, 4.69) is 6.58 Å². The SMILES string of the molecule is C=C(C)SOC(=O)c1ccccc1. The van der Waals surface area contributed by atoms with Gasteiger partial charge >= 0.3 is 5.97 Å². The fraction of sp³-hybridized carbons (Fsp3) is 0.100. The summed E-state index contributed by atoms with van der Waals surface area (Å²) in [6.45, 7) is 5.39. The van der Waals surface area contributed by atoms with Crippen LogP contribution in [0.2, 0.25) is 0 Å². The van der Waals surface area contributed by atoms with E-state index in [-0.39, 0.29) is 5.97 Å². The third-order valence-electron chi connectivity index (χ3n) is 1.27. The van der Waals surface area contributed by atoms with E-state index in [0.717, 1.165) is 16.9 Å². The molecule has 0 fully saturated rings. The van der Waals surface area contributed by atoms with Crippen molar-refractivity contribution in [3.8, 4) is 0 Å². The van der Waals surface area contributed by atoms with Gasteiger partial charge in [-0.15, -0.1) is 0 Å². The highest BCUT2D eigenvalue weighted by atomic mass is 32.2. The molecule has 0 atom stereocenters. The Balaban J connectivity index is 2.54. The summed E-state index contributed by atoms with van der Waals surface area (Å²) in [5.41, 5.74) is 0.552. The summed E-state index contributed by atoms with van der Waals surface area (Å²) in [5, 5.41) is 0. The second-order valence-corrected chi connectivity index (χ2v) is 3.55. The summed E-state index contributed by atoms with van der Waals surface area (Å²) < 4.78 is 4.87. The molecule has 1 aromatic rings. The maximum atomic E-state index is 11.3. The fourth-order valence-corrected chi connectivity index (χ4v) is 1.05. The summed E-state index contributed by atoms with van der Waals surface area (Å²) in [6, 6.07) is 8.86. The summed E-state index contributed by atoms with van der Waals surface area (Å²) in [5.74, 6) is -0.339. The summed E-state index contributed by atoms with van der Waals surface area (Å²) >= 11 is 0.990. The van der Waals surface area contributed by atoms with Gasteiger partial charge in [0, 0.05) is 4.91 Å². The lowest BCUT2D eigenvalue weighted by molar-refractivity contribution is 0.0769. The normalized spacial score (nSPS) is 9.31. The molecule has 0 saturated carbocycles. The number of rotatable bonds is 3. The van der Waals surface area contributed by atoms with Crippen LogP contribution in [-0.4, -0.2) is 5.97 Å². The lowest BCUT2D eigenvalue weighted by Gasteiger charge is -2.00. The molecule has 13 heavy (non-hydrogen) atoms. The Morgan fingerprint density at radius 1 is 1.38 bits per heavy atom. The molecule has 0 radical (unpaired) electrons. The summed E-state index contributed by atoms with van der Waals surface area (Å²) in [6.07, 6.45) is 0. The summed E-state index contributed by atoms with van der Waals surface area (Å²) in [7, 11) is 0. The van der Waals surface area contributed by atoms with E-state index in [1.165, 1.54) is 0 Å². The second-order valence-electron chi connectivity index (χ2n) is 2.52. The van der Waals surface area contributed by atoms with Crippen LogP contribution in [0.4, 0.5) is 0 Å². The number of hydrogen-bond donors (Lipinski definition) is 0. The van der Waals surface area contributed by atoms with E-state index >= 15 is 0 Å². The standard InChI is InChI=1S/C10H10O2S/c1-8(2)13-12-10(11)9-6-4-3-5-7-9/h3-7H,1H2,2H3. The van der Waals surface area contributed by atoms with Gasteiger partial charge in [-0.05, 0) is 19.1 Å². The van der Waals surface area contributed by atoms with E-state index in [1.54, 1.807) is 31.2 Å². The molecule has 1 rings (SSSR count). The zero-order chi connectivity index (χ0) is 9.68. The number of benzene rings is 1. The van der Waals surface area contributed by atoms with Crippen molar-refractivity contribution in [2.45, 2.75) is 6.92 Å². The zero-order valence-electron chi connectivity index (χ0n) is 7.32. The van der Waals surface area contributed by atoms with Crippen molar-refractivity contribution < 1.29 is 8.98 Å². The van der Waals surface area contributed by atoms with Crippen molar-refractivity contribution in [3.63, 3.8) is 0 Å². The van der Waals surface area contributed by atoms with Crippen LogP contribution < -0.4 is 0 Å². The smallest absolute Gasteiger partial charge is 0.350 e. The molecule has 0 heterocycles. The summed E-state index contributed by atoms with van der Waals surface area (Å²) in [4.78, 5) is 12.0. The molecular weight excluding hydrogens is 184 g/mol. The topological polar surface area (TPSA) is 26.3 Å². The molecule has 68 valence electrons. The van der Waals surface area contributed by atoms with Crippen LogP contribution in [0, 0.1) is 0 Å². The number of hydrogen-bond acceptors (Lipinski definition) is 3. The lowest BCUT2D eigenvalue weighted by atomic mass is 10.2. The number of allylic oxidation sites excluding steroid dienone is 1. The molecule has 0 aliphatic heterocycles. The molecule has 2 nitrogen and oxygen atoms in total. The molecule has 0 aliphatic carbocycles. The first kappa shape index (κ1) is 9.86. The first-order chi connectivity index (χ1) is 6.20. The molecule has 0 N–H and O–H groups in total. The maximum Gasteiger partial charge on any atom is 0.350 e.